The van der Waals surface area contributed by atoms with Crippen molar-refractivity contribution in [3.63, 3.8) is 0 Å². The quantitative estimate of drug-likeness (QED) is 0.531. The van der Waals surface area contributed by atoms with E-state index in [0.29, 0.717) is 0 Å². The number of hydrogen-bond donors (Lipinski definition) is 2. The fourth-order valence-electron chi connectivity index (χ4n) is 2.14. The fourth-order valence-corrected chi connectivity index (χ4v) is 2.14. The van der Waals surface area contributed by atoms with E-state index < -0.39 is 0 Å². The highest BCUT2D eigenvalue weighted by atomic mass is 16.2. The molecule has 0 aromatic heterocycles. The van der Waals surface area contributed by atoms with Crippen molar-refractivity contribution in [3.8, 4) is 0 Å². The number of piperidine rings is 1. The van der Waals surface area contributed by atoms with Gasteiger partial charge in [0.15, 0.2) is 0 Å². The summed E-state index contributed by atoms with van der Waals surface area (Å²) in [5.74, 6) is 0. The molecule has 2 heterocycles. The van der Waals surface area contributed by atoms with Gasteiger partial charge in [0.1, 0.15) is 0 Å². The maximum atomic E-state index is 10.7. The van der Waals surface area contributed by atoms with Crippen molar-refractivity contribution in [2.24, 2.45) is 5.73 Å². The van der Waals surface area contributed by atoms with Crippen LogP contribution in [0.1, 0.15) is 19.3 Å². The lowest BCUT2D eigenvalue weighted by Gasteiger charge is -2.52. The highest BCUT2D eigenvalue weighted by molar-refractivity contribution is 5.73. The molecule has 4 heteroatoms. The van der Waals surface area contributed by atoms with Crippen molar-refractivity contribution >= 4 is 6.03 Å². The number of carbonyl (C=O) groups excluding carboxylic acids is 1. The molecule has 2 rings (SSSR count). The molecule has 1 spiro atoms. The summed E-state index contributed by atoms with van der Waals surface area (Å²) in [6, 6.07) is -0.284. The van der Waals surface area contributed by atoms with Crippen LogP contribution in [0.15, 0.2) is 0 Å². The molecule has 68 valence electrons. The summed E-state index contributed by atoms with van der Waals surface area (Å²) < 4.78 is 0. The Bertz CT molecular complexity index is 190. The van der Waals surface area contributed by atoms with Crippen LogP contribution in [0.25, 0.3) is 0 Å². The number of nitrogens with one attached hydrogen (secondary N) is 1. The largest absolute Gasteiger partial charge is 0.351 e. The van der Waals surface area contributed by atoms with E-state index >= 15 is 0 Å². The van der Waals surface area contributed by atoms with Gasteiger partial charge in [-0.15, -0.1) is 0 Å². The second kappa shape index (κ2) is 2.62. The van der Waals surface area contributed by atoms with E-state index in [-0.39, 0.29) is 11.6 Å². The molecule has 2 amide bonds. The third-order valence-corrected chi connectivity index (χ3v) is 2.88. The maximum Gasteiger partial charge on any atom is 0.314 e. The SMILES string of the molecule is NC(=O)N1CC2(CCCCN2)C1. The molecule has 0 saturated carbocycles. The Labute approximate surface area is 72.1 Å². The molecule has 2 saturated heterocycles. The molecular formula is C8H15N3O. The van der Waals surface area contributed by atoms with Gasteiger partial charge in [0.2, 0.25) is 0 Å². The first-order valence-electron chi connectivity index (χ1n) is 4.51. The first-order chi connectivity index (χ1) is 5.72. The molecule has 3 N–H and O–H groups in total. The van der Waals surface area contributed by atoms with Crippen LogP contribution in [0, 0.1) is 0 Å². The van der Waals surface area contributed by atoms with Crippen molar-refractivity contribution in [1.29, 1.82) is 0 Å². The van der Waals surface area contributed by atoms with E-state index in [0.717, 1.165) is 19.6 Å². The minimum atomic E-state index is -0.284. The number of amides is 2. The zero-order valence-electron chi connectivity index (χ0n) is 7.18. The monoisotopic (exact) mass is 169 g/mol. The van der Waals surface area contributed by atoms with Gasteiger partial charge in [-0.2, -0.15) is 0 Å². The first kappa shape index (κ1) is 7.86. The molecule has 0 unspecified atom stereocenters. The van der Waals surface area contributed by atoms with E-state index in [1.807, 2.05) is 0 Å². The molecule has 0 aliphatic carbocycles. The molecule has 2 aliphatic heterocycles. The van der Waals surface area contributed by atoms with Crippen molar-refractivity contribution in [2.75, 3.05) is 19.6 Å². The van der Waals surface area contributed by atoms with Gasteiger partial charge in [-0.05, 0) is 19.4 Å². The summed E-state index contributed by atoms with van der Waals surface area (Å²) in [6.45, 7) is 2.71. The number of carbonyl (C=O) groups is 1. The zero-order valence-corrected chi connectivity index (χ0v) is 7.18. The van der Waals surface area contributed by atoms with E-state index in [1.165, 1.54) is 19.3 Å². The molecule has 0 atom stereocenters. The number of urea groups is 1. The third-order valence-electron chi connectivity index (χ3n) is 2.88. The molecule has 0 aromatic carbocycles. The highest BCUT2D eigenvalue weighted by Crippen LogP contribution is 2.28. The summed E-state index contributed by atoms with van der Waals surface area (Å²) in [5.41, 5.74) is 5.38. The Morgan fingerprint density at radius 2 is 2.17 bits per heavy atom. The van der Waals surface area contributed by atoms with Crippen molar-refractivity contribution in [2.45, 2.75) is 24.8 Å². The smallest absolute Gasteiger partial charge is 0.314 e. The van der Waals surface area contributed by atoms with Crippen LogP contribution in [-0.4, -0.2) is 36.1 Å². The number of hydrogen-bond acceptors (Lipinski definition) is 2. The zero-order chi connectivity index (χ0) is 8.60. The van der Waals surface area contributed by atoms with Gasteiger partial charge in [-0.3, -0.25) is 0 Å². The van der Waals surface area contributed by atoms with Crippen molar-refractivity contribution < 1.29 is 4.79 Å². The standard InChI is InChI=1S/C8H15N3O/c9-7(12)11-5-8(6-11)3-1-2-4-10-8/h10H,1-6H2,(H2,9,12). The Morgan fingerprint density at radius 1 is 1.42 bits per heavy atom. The lowest BCUT2D eigenvalue weighted by molar-refractivity contribution is 0.0532. The first-order valence-corrected chi connectivity index (χ1v) is 4.51. The number of nitrogens with zero attached hydrogens (tertiary/aromatic N) is 1. The van der Waals surface area contributed by atoms with Crippen LogP contribution in [-0.2, 0) is 0 Å². The topological polar surface area (TPSA) is 58.4 Å². The normalized spacial score (nSPS) is 26.8. The molecule has 12 heavy (non-hydrogen) atoms. The molecule has 2 aliphatic rings. The van der Waals surface area contributed by atoms with Crippen LogP contribution in [0.3, 0.4) is 0 Å². The molecule has 0 bridgehead atoms. The van der Waals surface area contributed by atoms with Crippen LogP contribution in [0.5, 0.6) is 0 Å². The highest BCUT2D eigenvalue weighted by Gasteiger charge is 2.44. The lowest BCUT2D eigenvalue weighted by Crippen LogP contribution is -2.72. The molecular weight excluding hydrogens is 154 g/mol. The van der Waals surface area contributed by atoms with E-state index in [1.54, 1.807) is 4.90 Å². The number of rotatable bonds is 0. The van der Waals surface area contributed by atoms with Gasteiger partial charge in [-0.25, -0.2) is 4.79 Å². The Balaban J connectivity index is 1.88. The van der Waals surface area contributed by atoms with Crippen molar-refractivity contribution in [1.82, 2.24) is 10.2 Å². The minimum Gasteiger partial charge on any atom is -0.351 e. The molecule has 2 fully saturated rings. The van der Waals surface area contributed by atoms with Gasteiger partial charge >= 0.3 is 6.03 Å². The lowest BCUT2D eigenvalue weighted by atomic mass is 9.82. The molecule has 4 nitrogen and oxygen atoms in total. The fraction of sp³-hybridized carbons (Fsp3) is 0.875. The van der Waals surface area contributed by atoms with Gasteiger partial charge < -0.3 is 16.0 Å². The summed E-state index contributed by atoms with van der Waals surface area (Å²) >= 11 is 0. The minimum absolute atomic E-state index is 0.229. The van der Waals surface area contributed by atoms with Crippen LogP contribution < -0.4 is 11.1 Å². The van der Waals surface area contributed by atoms with Gasteiger partial charge in [-0.1, -0.05) is 6.42 Å². The maximum absolute atomic E-state index is 10.7. The van der Waals surface area contributed by atoms with Crippen LogP contribution in [0.4, 0.5) is 4.79 Å². The van der Waals surface area contributed by atoms with Gasteiger partial charge in [0.25, 0.3) is 0 Å². The third kappa shape index (κ3) is 1.16. The number of primary amides is 1. The van der Waals surface area contributed by atoms with Gasteiger partial charge in [0.05, 0.1) is 5.54 Å². The Morgan fingerprint density at radius 3 is 2.67 bits per heavy atom. The van der Waals surface area contributed by atoms with E-state index in [4.69, 9.17) is 5.73 Å². The average Bonchev–Trinajstić information content (AvgIpc) is 2.01. The molecule has 0 radical (unpaired) electrons. The summed E-state index contributed by atoms with van der Waals surface area (Å²) in [6.07, 6.45) is 3.73. The number of nitrogens with two attached hydrogens (primary N) is 1. The molecule has 0 aromatic rings. The average molecular weight is 169 g/mol. The van der Waals surface area contributed by atoms with E-state index in [9.17, 15) is 4.79 Å². The number of likely N-dealkylation sites (tertiary alicyclic amines) is 1. The van der Waals surface area contributed by atoms with Crippen LogP contribution >= 0.6 is 0 Å². The second-order valence-electron chi connectivity index (χ2n) is 3.86. The van der Waals surface area contributed by atoms with Crippen LogP contribution in [0.2, 0.25) is 0 Å². The summed E-state index contributed by atoms with van der Waals surface area (Å²) in [5, 5.41) is 3.47. The Kier molecular flexibility index (Phi) is 1.72. The summed E-state index contributed by atoms with van der Waals surface area (Å²) in [4.78, 5) is 12.4. The van der Waals surface area contributed by atoms with E-state index in [2.05, 4.69) is 5.32 Å². The predicted octanol–water partition coefficient (Wildman–Crippen LogP) is -0.107. The summed E-state index contributed by atoms with van der Waals surface area (Å²) in [7, 11) is 0. The second-order valence-corrected chi connectivity index (χ2v) is 3.86. The predicted molar refractivity (Wildman–Crippen MR) is 45.7 cm³/mol. The van der Waals surface area contributed by atoms with Gasteiger partial charge in [0, 0.05) is 13.1 Å². The Hall–Kier alpha value is -0.770. The van der Waals surface area contributed by atoms with Crippen molar-refractivity contribution in [3.05, 3.63) is 0 Å².